The van der Waals surface area contributed by atoms with Crippen LogP contribution in [0, 0.1) is 18.8 Å². The fourth-order valence-corrected chi connectivity index (χ4v) is 5.79. The van der Waals surface area contributed by atoms with Gasteiger partial charge in [-0.05, 0) is 64.5 Å². The molecule has 8 nitrogen and oxygen atoms in total. The minimum absolute atomic E-state index is 0.179. The summed E-state index contributed by atoms with van der Waals surface area (Å²) in [6.07, 6.45) is 9.99. The van der Waals surface area contributed by atoms with E-state index in [4.69, 9.17) is 0 Å². The lowest BCUT2D eigenvalue weighted by molar-refractivity contribution is -0.137. The van der Waals surface area contributed by atoms with Gasteiger partial charge in [0.05, 0.1) is 11.9 Å². The van der Waals surface area contributed by atoms with Crippen LogP contribution in [0.3, 0.4) is 0 Å². The third kappa shape index (κ3) is 4.58. The van der Waals surface area contributed by atoms with Gasteiger partial charge in [-0.2, -0.15) is 5.10 Å². The summed E-state index contributed by atoms with van der Waals surface area (Å²) in [5.74, 6) is 1.07. The van der Waals surface area contributed by atoms with Crippen molar-refractivity contribution in [2.75, 3.05) is 38.1 Å². The Kier molecular flexibility index (Phi) is 6.62. The molecule has 0 radical (unpaired) electrons. The third-order valence-corrected chi connectivity index (χ3v) is 7.75. The highest BCUT2D eigenvalue weighted by atomic mass is 16.2. The molecule has 0 spiro atoms. The maximum Gasteiger partial charge on any atom is 0.225 e. The fraction of sp³-hybridized carbons (Fsp3) is 0.556. The van der Waals surface area contributed by atoms with Gasteiger partial charge in [-0.1, -0.05) is 0 Å². The maximum atomic E-state index is 13.2. The van der Waals surface area contributed by atoms with Crippen LogP contribution < -0.4 is 4.90 Å². The molecule has 1 saturated carbocycles. The molecule has 1 saturated heterocycles. The van der Waals surface area contributed by atoms with E-state index in [1.165, 1.54) is 5.69 Å². The number of hydrogen-bond donors (Lipinski definition) is 1. The van der Waals surface area contributed by atoms with Crippen LogP contribution in [0.25, 0.3) is 22.3 Å². The number of fused-ring (bicyclic) bond motifs is 1. The van der Waals surface area contributed by atoms with Crippen LogP contribution in [-0.2, 0) is 4.79 Å². The summed E-state index contributed by atoms with van der Waals surface area (Å²) in [5.41, 5.74) is 5.37. The summed E-state index contributed by atoms with van der Waals surface area (Å²) in [6.45, 7) is 9.63. The molecule has 4 heterocycles. The first-order valence-corrected chi connectivity index (χ1v) is 12.9. The van der Waals surface area contributed by atoms with Crippen molar-refractivity contribution in [3.63, 3.8) is 0 Å². The molecular formula is C27H37N7O. The number of amides is 1. The van der Waals surface area contributed by atoms with Crippen LogP contribution in [-0.4, -0.2) is 70.0 Å². The third-order valence-electron chi connectivity index (χ3n) is 7.75. The summed E-state index contributed by atoms with van der Waals surface area (Å²) in [4.78, 5) is 29.9. The Balaban J connectivity index is 1.28. The number of anilines is 1. The average Bonchev–Trinajstić information content (AvgIpc) is 3.47. The van der Waals surface area contributed by atoms with Crippen molar-refractivity contribution in [1.29, 1.82) is 0 Å². The van der Waals surface area contributed by atoms with Crippen molar-refractivity contribution in [2.45, 2.75) is 52.5 Å². The Morgan fingerprint density at radius 2 is 1.91 bits per heavy atom. The summed E-state index contributed by atoms with van der Waals surface area (Å²) in [6, 6.07) is 4.61. The van der Waals surface area contributed by atoms with Gasteiger partial charge < -0.3 is 19.8 Å². The van der Waals surface area contributed by atoms with E-state index in [0.29, 0.717) is 17.9 Å². The van der Waals surface area contributed by atoms with Gasteiger partial charge in [-0.3, -0.25) is 9.48 Å². The lowest BCUT2D eigenvalue weighted by atomic mass is 9.82. The number of pyridine rings is 1. The molecule has 0 unspecified atom stereocenters. The molecule has 1 aliphatic carbocycles. The number of H-pyrrole nitrogens is 1. The highest BCUT2D eigenvalue weighted by molar-refractivity contribution is 5.94. The normalized spacial score (nSPS) is 21.5. The number of carbonyl (C=O) groups is 1. The number of hydrogen-bond acceptors (Lipinski definition) is 5. The van der Waals surface area contributed by atoms with Crippen molar-refractivity contribution < 1.29 is 4.79 Å². The predicted octanol–water partition coefficient (Wildman–Crippen LogP) is 4.47. The number of nitrogens with one attached hydrogen (secondary N) is 1. The predicted molar refractivity (Wildman–Crippen MR) is 141 cm³/mol. The monoisotopic (exact) mass is 475 g/mol. The van der Waals surface area contributed by atoms with Gasteiger partial charge in [0.25, 0.3) is 0 Å². The summed E-state index contributed by atoms with van der Waals surface area (Å²) >= 11 is 0. The Hall–Kier alpha value is -3.16. The summed E-state index contributed by atoms with van der Waals surface area (Å²) < 4.78 is 2.05. The molecule has 0 aromatic carbocycles. The van der Waals surface area contributed by atoms with E-state index in [9.17, 15) is 4.79 Å². The number of rotatable bonds is 5. The smallest absolute Gasteiger partial charge is 0.225 e. The number of piperazine rings is 1. The average molecular weight is 476 g/mol. The van der Waals surface area contributed by atoms with Crippen LogP contribution in [0.15, 0.2) is 29.5 Å². The first-order valence-electron chi connectivity index (χ1n) is 12.9. The Bertz CT molecular complexity index is 1210. The van der Waals surface area contributed by atoms with Crippen molar-refractivity contribution in [3.05, 3.63) is 30.2 Å². The first-order chi connectivity index (χ1) is 17.0. The number of aromatic nitrogens is 4. The lowest BCUT2D eigenvalue weighted by Crippen LogP contribution is -2.50. The lowest BCUT2D eigenvalue weighted by Gasteiger charge is -2.38. The van der Waals surface area contributed by atoms with E-state index in [1.54, 1.807) is 0 Å². The Labute approximate surface area is 207 Å². The van der Waals surface area contributed by atoms with E-state index >= 15 is 0 Å². The van der Waals surface area contributed by atoms with Crippen LogP contribution >= 0.6 is 0 Å². The first kappa shape index (κ1) is 23.6. The molecular weight excluding hydrogens is 438 g/mol. The minimum atomic E-state index is 0.179. The zero-order valence-corrected chi connectivity index (χ0v) is 21.4. The van der Waals surface area contributed by atoms with Gasteiger partial charge in [-0.25, -0.2) is 4.98 Å². The zero-order valence-electron chi connectivity index (χ0n) is 21.4. The summed E-state index contributed by atoms with van der Waals surface area (Å²) in [5, 5.41) is 5.69. The quantitative estimate of drug-likeness (QED) is 0.552. The van der Waals surface area contributed by atoms with Crippen molar-refractivity contribution in [1.82, 2.24) is 24.6 Å². The molecule has 1 amide bonds. The minimum Gasteiger partial charge on any atom is -0.367 e. The van der Waals surface area contributed by atoms with E-state index in [-0.39, 0.29) is 5.92 Å². The molecule has 2 aliphatic rings. The van der Waals surface area contributed by atoms with Gasteiger partial charge in [0.2, 0.25) is 5.91 Å². The molecule has 186 valence electrons. The SMILES string of the molecule is CN=CC1CCC(C(=O)N2CCN(c3ccnc4[nH]c(-c5cnn(C(C)C)c5C)cc34)CC2)CC1. The molecule has 1 N–H and O–H groups in total. The second kappa shape index (κ2) is 9.84. The second-order valence-electron chi connectivity index (χ2n) is 10.3. The van der Waals surface area contributed by atoms with E-state index in [2.05, 4.69) is 73.7 Å². The molecule has 35 heavy (non-hydrogen) atoms. The van der Waals surface area contributed by atoms with Crippen molar-refractivity contribution >= 4 is 28.8 Å². The number of aromatic amines is 1. The van der Waals surface area contributed by atoms with Crippen LogP contribution in [0.5, 0.6) is 0 Å². The zero-order chi connectivity index (χ0) is 24.5. The molecule has 8 heteroatoms. The van der Waals surface area contributed by atoms with Gasteiger partial charge in [0, 0.05) is 79.9 Å². The van der Waals surface area contributed by atoms with Crippen LogP contribution in [0.1, 0.15) is 51.3 Å². The van der Waals surface area contributed by atoms with E-state index in [0.717, 1.165) is 79.8 Å². The second-order valence-corrected chi connectivity index (χ2v) is 10.3. The Morgan fingerprint density at radius 1 is 1.17 bits per heavy atom. The number of carbonyl (C=O) groups excluding carboxylic acids is 1. The highest BCUT2D eigenvalue weighted by Gasteiger charge is 2.31. The summed E-state index contributed by atoms with van der Waals surface area (Å²) in [7, 11) is 1.84. The largest absolute Gasteiger partial charge is 0.367 e. The fourth-order valence-electron chi connectivity index (χ4n) is 5.79. The Morgan fingerprint density at radius 3 is 2.57 bits per heavy atom. The maximum absolute atomic E-state index is 13.2. The van der Waals surface area contributed by atoms with Crippen molar-refractivity contribution in [3.8, 4) is 11.3 Å². The van der Waals surface area contributed by atoms with Crippen molar-refractivity contribution in [2.24, 2.45) is 16.8 Å². The molecule has 0 bridgehead atoms. The topological polar surface area (TPSA) is 82.4 Å². The standard InChI is InChI=1S/C27H37N7O/c1-18(2)34-19(3)23(17-30-34)24-15-22-25(9-10-29-26(22)31-24)32-11-13-33(14-12-32)27(35)21-7-5-20(6-8-21)16-28-4/h9-10,15-18,20-21H,5-8,11-14H2,1-4H3,(H,29,31). The number of nitrogens with zero attached hydrogens (tertiary/aromatic N) is 6. The van der Waals surface area contributed by atoms with E-state index < -0.39 is 0 Å². The van der Waals surface area contributed by atoms with Gasteiger partial charge in [0.1, 0.15) is 5.65 Å². The molecule has 3 aromatic rings. The molecule has 3 aromatic heterocycles. The van der Waals surface area contributed by atoms with E-state index in [1.807, 2.05) is 19.4 Å². The molecule has 5 rings (SSSR count). The molecule has 0 atom stereocenters. The highest BCUT2D eigenvalue weighted by Crippen LogP contribution is 2.33. The molecule has 2 fully saturated rings. The van der Waals surface area contributed by atoms with Gasteiger partial charge in [0.15, 0.2) is 0 Å². The van der Waals surface area contributed by atoms with Crippen LogP contribution in [0.4, 0.5) is 5.69 Å². The molecule has 1 aliphatic heterocycles. The van der Waals surface area contributed by atoms with Gasteiger partial charge in [-0.15, -0.1) is 0 Å². The van der Waals surface area contributed by atoms with Crippen LogP contribution in [0.2, 0.25) is 0 Å². The van der Waals surface area contributed by atoms with Gasteiger partial charge >= 0.3 is 0 Å². The number of aliphatic imine (C=N–C) groups is 1.